The van der Waals surface area contributed by atoms with Gasteiger partial charge >= 0.3 is 0 Å². The van der Waals surface area contributed by atoms with E-state index in [9.17, 15) is 0 Å². The molecule has 0 radical (unpaired) electrons. The monoisotopic (exact) mass is 284 g/mol. The van der Waals surface area contributed by atoms with Crippen molar-refractivity contribution in [2.75, 3.05) is 13.2 Å². The lowest BCUT2D eigenvalue weighted by molar-refractivity contribution is 0.122. The van der Waals surface area contributed by atoms with E-state index in [0.717, 1.165) is 31.6 Å². The number of pyridine rings is 1. The van der Waals surface area contributed by atoms with Crippen molar-refractivity contribution in [1.29, 1.82) is 0 Å². The summed E-state index contributed by atoms with van der Waals surface area (Å²) in [5.41, 5.74) is 3.67. The molecule has 0 saturated heterocycles. The molecule has 1 heterocycles. The highest BCUT2D eigenvalue weighted by molar-refractivity contribution is 5.26. The standard InChI is InChI=1S/C18H24N2O/c1-2-11-19-14-16-7-3-4-8-17(16)15-21-13-10-18-9-5-6-12-20-18/h3-9,12,19H,2,10-11,13-15H2,1H3. The Bertz CT molecular complexity index is 514. The number of benzene rings is 1. The normalized spacial score (nSPS) is 10.7. The van der Waals surface area contributed by atoms with Crippen LogP contribution in [0.4, 0.5) is 0 Å². The van der Waals surface area contributed by atoms with Crippen LogP contribution in [0.15, 0.2) is 48.7 Å². The van der Waals surface area contributed by atoms with Gasteiger partial charge in [-0.2, -0.15) is 0 Å². The molecular weight excluding hydrogens is 260 g/mol. The number of nitrogens with zero attached hydrogens (tertiary/aromatic N) is 1. The van der Waals surface area contributed by atoms with Gasteiger partial charge < -0.3 is 10.1 Å². The molecule has 0 bridgehead atoms. The Morgan fingerprint density at radius 3 is 2.62 bits per heavy atom. The summed E-state index contributed by atoms with van der Waals surface area (Å²) in [5, 5.41) is 3.44. The number of aromatic nitrogens is 1. The van der Waals surface area contributed by atoms with E-state index in [2.05, 4.69) is 41.5 Å². The molecule has 0 fully saturated rings. The SMILES string of the molecule is CCCNCc1ccccc1COCCc1ccccn1. The van der Waals surface area contributed by atoms with Gasteiger partial charge in [-0.15, -0.1) is 0 Å². The molecule has 1 aromatic carbocycles. The molecule has 2 rings (SSSR count). The Labute approximate surface area is 127 Å². The van der Waals surface area contributed by atoms with Crippen LogP contribution in [0.1, 0.15) is 30.2 Å². The van der Waals surface area contributed by atoms with Crippen molar-refractivity contribution in [3.05, 3.63) is 65.5 Å². The summed E-state index contributed by atoms with van der Waals surface area (Å²) in [6.07, 6.45) is 3.84. The molecular formula is C18H24N2O. The summed E-state index contributed by atoms with van der Waals surface area (Å²) in [6, 6.07) is 14.4. The van der Waals surface area contributed by atoms with Gasteiger partial charge in [-0.05, 0) is 36.2 Å². The highest BCUT2D eigenvalue weighted by atomic mass is 16.5. The quantitative estimate of drug-likeness (QED) is 0.717. The van der Waals surface area contributed by atoms with Gasteiger partial charge in [-0.3, -0.25) is 4.98 Å². The summed E-state index contributed by atoms with van der Waals surface area (Å²) in [7, 11) is 0. The average Bonchev–Trinajstić information content (AvgIpc) is 2.54. The van der Waals surface area contributed by atoms with Gasteiger partial charge in [0.2, 0.25) is 0 Å². The average molecular weight is 284 g/mol. The fourth-order valence-corrected chi connectivity index (χ4v) is 2.18. The van der Waals surface area contributed by atoms with E-state index in [1.54, 1.807) is 0 Å². The van der Waals surface area contributed by atoms with Crippen LogP contribution >= 0.6 is 0 Å². The van der Waals surface area contributed by atoms with Gasteiger partial charge in [-0.1, -0.05) is 37.3 Å². The minimum atomic E-state index is 0.664. The Kier molecular flexibility index (Phi) is 6.92. The van der Waals surface area contributed by atoms with E-state index in [1.807, 2.05) is 24.4 Å². The third kappa shape index (κ3) is 5.66. The van der Waals surface area contributed by atoms with E-state index < -0.39 is 0 Å². The number of hydrogen-bond donors (Lipinski definition) is 1. The van der Waals surface area contributed by atoms with Crippen LogP contribution in [0.3, 0.4) is 0 Å². The van der Waals surface area contributed by atoms with Crippen molar-refractivity contribution in [1.82, 2.24) is 10.3 Å². The topological polar surface area (TPSA) is 34.1 Å². The van der Waals surface area contributed by atoms with Gasteiger partial charge in [0.15, 0.2) is 0 Å². The number of hydrogen-bond acceptors (Lipinski definition) is 3. The molecule has 0 aliphatic carbocycles. The first-order chi connectivity index (χ1) is 10.4. The van der Waals surface area contributed by atoms with Crippen LogP contribution in [0.5, 0.6) is 0 Å². The molecule has 0 spiro atoms. The molecule has 21 heavy (non-hydrogen) atoms. The lowest BCUT2D eigenvalue weighted by atomic mass is 10.1. The first-order valence-corrected chi connectivity index (χ1v) is 7.65. The van der Waals surface area contributed by atoms with E-state index in [0.29, 0.717) is 13.2 Å². The lowest BCUT2D eigenvalue weighted by Gasteiger charge is -2.11. The molecule has 112 valence electrons. The van der Waals surface area contributed by atoms with Gasteiger partial charge in [0.25, 0.3) is 0 Å². The number of nitrogens with one attached hydrogen (secondary N) is 1. The molecule has 3 heteroatoms. The van der Waals surface area contributed by atoms with Gasteiger partial charge in [0.1, 0.15) is 0 Å². The molecule has 1 aromatic heterocycles. The maximum atomic E-state index is 5.80. The highest BCUT2D eigenvalue weighted by Crippen LogP contribution is 2.10. The van der Waals surface area contributed by atoms with Crippen LogP contribution in [-0.2, 0) is 24.3 Å². The van der Waals surface area contributed by atoms with E-state index in [4.69, 9.17) is 4.74 Å². The van der Waals surface area contributed by atoms with Crippen molar-refractivity contribution >= 4 is 0 Å². The van der Waals surface area contributed by atoms with Gasteiger partial charge in [-0.25, -0.2) is 0 Å². The Hall–Kier alpha value is -1.71. The lowest BCUT2D eigenvalue weighted by Crippen LogP contribution is -2.15. The Morgan fingerprint density at radius 2 is 1.86 bits per heavy atom. The third-order valence-corrected chi connectivity index (χ3v) is 3.35. The smallest absolute Gasteiger partial charge is 0.0720 e. The van der Waals surface area contributed by atoms with Crippen LogP contribution in [-0.4, -0.2) is 18.1 Å². The Balaban J connectivity index is 1.77. The summed E-state index contributed by atoms with van der Waals surface area (Å²) >= 11 is 0. The maximum Gasteiger partial charge on any atom is 0.0720 e. The predicted molar refractivity (Wildman–Crippen MR) is 86.0 cm³/mol. The van der Waals surface area contributed by atoms with Crippen molar-refractivity contribution in [2.24, 2.45) is 0 Å². The van der Waals surface area contributed by atoms with Crippen LogP contribution in [0, 0.1) is 0 Å². The van der Waals surface area contributed by atoms with Crippen molar-refractivity contribution in [3.63, 3.8) is 0 Å². The first kappa shape index (κ1) is 15.7. The summed E-state index contributed by atoms with van der Waals surface area (Å²) in [6.45, 7) is 5.51. The minimum Gasteiger partial charge on any atom is -0.376 e. The van der Waals surface area contributed by atoms with Crippen molar-refractivity contribution in [2.45, 2.75) is 32.9 Å². The van der Waals surface area contributed by atoms with E-state index >= 15 is 0 Å². The zero-order valence-electron chi connectivity index (χ0n) is 12.7. The minimum absolute atomic E-state index is 0.664. The highest BCUT2D eigenvalue weighted by Gasteiger charge is 2.02. The molecule has 2 aromatic rings. The van der Waals surface area contributed by atoms with Gasteiger partial charge in [0, 0.05) is 24.9 Å². The first-order valence-electron chi connectivity index (χ1n) is 7.65. The van der Waals surface area contributed by atoms with Crippen LogP contribution < -0.4 is 5.32 Å². The zero-order chi connectivity index (χ0) is 14.8. The summed E-state index contributed by atoms with van der Waals surface area (Å²) in [4.78, 5) is 4.30. The molecule has 0 saturated carbocycles. The second-order valence-corrected chi connectivity index (χ2v) is 5.07. The summed E-state index contributed by atoms with van der Waals surface area (Å²) in [5.74, 6) is 0. The zero-order valence-corrected chi connectivity index (χ0v) is 12.7. The van der Waals surface area contributed by atoms with E-state index in [1.165, 1.54) is 11.1 Å². The fraction of sp³-hybridized carbons (Fsp3) is 0.389. The van der Waals surface area contributed by atoms with Crippen molar-refractivity contribution in [3.8, 4) is 0 Å². The predicted octanol–water partition coefficient (Wildman–Crippen LogP) is 3.34. The second kappa shape index (κ2) is 9.27. The fourth-order valence-electron chi connectivity index (χ4n) is 2.18. The molecule has 0 unspecified atom stereocenters. The largest absolute Gasteiger partial charge is 0.376 e. The number of rotatable bonds is 9. The molecule has 0 aliphatic rings. The van der Waals surface area contributed by atoms with E-state index in [-0.39, 0.29) is 0 Å². The number of ether oxygens (including phenoxy) is 1. The van der Waals surface area contributed by atoms with Crippen molar-refractivity contribution < 1.29 is 4.74 Å². The third-order valence-electron chi connectivity index (χ3n) is 3.35. The molecule has 1 N–H and O–H groups in total. The van der Waals surface area contributed by atoms with Crippen LogP contribution in [0.25, 0.3) is 0 Å². The van der Waals surface area contributed by atoms with Gasteiger partial charge in [0.05, 0.1) is 13.2 Å². The summed E-state index contributed by atoms with van der Waals surface area (Å²) < 4.78 is 5.80. The molecule has 0 atom stereocenters. The van der Waals surface area contributed by atoms with Crippen LogP contribution in [0.2, 0.25) is 0 Å². The Morgan fingerprint density at radius 1 is 1.05 bits per heavy atom. The molecule has 0 aliphatic heterocycles. The molecule has 3 nitrogen and oxygen atoms in total. The second-order valence-electron chi connectivity index (χ2n) is 5.07. The molecule has 0 amide bonds. The maximum absolute atomic E-state index is 5.80.